The molecule has 120 valence electrons. The van der Waals surface area contributed by atoms with Crippen LogP contribution in [0.25, 0.3) is 12.2 Å². The van der Waals surface area contributed by atoms with E-state index in [1.54, 1.807) is 19.0 Å². The maximum atomic E-state index is 11.7. The lowest BCUT2D eigenvalue weighted by molar-refractivity contribution is -0.128. The highest BCUT2D eigenvalue weighted by Gasteiger charge is 2.04. The molecular formula is C21H25NO. The van der Waals surface area contributed by atoms with Crippen LogP contribution in [-0.4, -0.2) is 24.9 Å². The van der Waals surface area contributed by atoms with Gasteiger partial charge in [-0.05, 0) is 48.1 Å². The third-order valence-electron chi connectivity index (χ3n) is 4.06. The van der Waals surface area contributed by atoms with E-state index in [4.69, 9.17) is 0 Å². The fraction of sp³-hybridized carbons (Fsp3) is 0.286. The molecule has 0 aromatic heterocycles. The fourth-order valence-corrected chi connectivity index (χ4v) is 2.60. The molecule has 0 spiro atoms. The fourth-order valence-electron chi connectivity index (χ4n) is 2.60. The third kappa shape index (κ3) is 4.82. The van der Waals surface area contributed by atoms with Crippen LogP contribution in [0.3, 0.4) is 0 Å². The lowest BCUT2D eigenvalue weighted by Crippen LogP contribution is -2.21. The van der Waals surface area contributed by atoms with Crippen molar-refractivity contribution in [3.05, 3.63) is 70.3 Å². The summed E-state index contributed by atoms with van der Waals surface area (Å²) in [6.45, 7) is 4.27. The molecule has 0 radical (unpaired) electrons. The maximum Gasteiger partial charge on any atom is 0.222 e. The molecule has 2 rings (SSSR count). The zero-order valence-corrected chi connectivity index (χ0v) is 14.5. The van der Waals surface area contributed by atoms with Gasteiger partial charge in [0.1, 0.15) is 0 Å². The summed E-state index contributed by atoms with van der Waals surface area (Å²) in [7, 11) is 3.60. The van der Waals surface area contributed by atoms with E-state index in [0.717, 1.165) is 6.42 Å². The largest absolute Gasteiger partial charge is 0.349 e. The molecule has 23 heavy (non-hydrogen) atoms. The number of hydrogen-bond acceptors (Lipinski definition) is 1. The second-order valence-corrected chi connectivity index (χ2v) is 6.17. The molecule has 0 atom stereocenters. The Morgan fingerprint density at radius 3 is 2.30 bits per heavy atom. The number of amides is 1. The van der Waals surface area contributed by atoms with E-state index in [1.165, 1.54) is 27.8 Å². The SMILES string of the molecule is Cc1cccc(C)c1/C=C/c1cccc(CCC(=O)N(C)C)c1. The standard InChI is InChI=1S/C21H25NO/c1-16-7-5-8-17(2)20(16)13-11-18-9-6-10-19(15-18)12-14-21(23)22(3)4/h5-11,13,15H,12,14H2,1-4H3/b13-11+. The van der Waals surface area contributed by atoms with Crippen molar-refractivity contribution in [1.82, 2.24) is 4.90 Å². The molecule has 0 N–H and O–H groups in total. The van der Waals surface area contributed by atoms with Gasteiger partial charge in [0.2, 0.25) is 5.91 Å². The Balaban J connectivity index is 2.11. The van der Waals surface area contributed by atoms with Gasteiger partial charge in [-0.3, -0.25) is 4.79 Å². The molecule has 0 aliphatic heterocycles. The predicted octanol–water partition coefficient (Wildman–Crippen LogP) is 4.49. The van der Waals surface area contributed by atoms with Gasteiger partial charge in [0, 0.05) is 20.5 Å². The van der Waals surface area contributed by atoms with Gasteiger partial charge < -0.3 is 4.90 Å². The number of hydrogen-bond donors (Lipinski definition) is 0. The normalized spacial score (nSPS) is 11.0. The molecule has 0 aliphatic rings. The highest BCUT2D eigenvalue weighted by Crippen LogP contribution is 2.17. The zero-order chi connectivity index (χ0) is 16.8. The predicted molar refractivity (Wildman–Crippen MR) is 98.3 cm³/mol. The Hall–Kier alpha value is -2.35. The number of aryl methyl sites for hydroxylation is 3. The Kier molecular flexibility index (Phi) is 5.75. The van der Waals surface area contributed by atoms with Crippen LogP contribution in [0.5, 0.6) is 0 Å². The van der Waals surface area contributed by atoms with Crippen molar-refractivity contribution in [2.45, 2.75) is 26.7 Å². The van der Waals surface area contributed by atoms with E-state index >= 15 is 0 Å². The summed E-state index contributed by atoms with van der Waals surface area (Å²) in [6, 6.07) is 14.8. The average molecular weight is 307 g/mol. The minimum Gasteiger partial charge on any atom is -0.349 e. The van der Waals surface area contributed by atoms with Gasteiger partial charge in [-0.2, -0.15) is 0 Å². The van der Waals surface area contributed by atoms with Crippen LogP contribution in [0.1, 0.15) is 34.2 Å². The molecule has 2 nitrogen and oxygen atoms in total. The van der Waals surface area contributed by atoms with Gasteiger partial charge in [-0.25, -0.2) is 0 Å². The molecule has 0 heterocycles. The van der Waals surface area contributed by atoms with Gasteiger partial charge >= 0.3 is 0 Å². The molecule has 0 saturated heterocycles. The van der Waals surface area contributed by atoms with Crippen LogP contribution in [0.4, 0.5) is 0 Å². The van der Waals surface area contributed by atoms with Crippen molar-refractivity contribution in [2.24, 2.45) is 0 Å². The van der Waals surface area contributed by atoms with Crippen LogP contribution < -0.4 is 0 Å². The molecule has 0 aliphatic carbocycles. The number of carbonyl (C=O) groups excluding carboxylic acids is 1. The van der Waals surface area contributed by atoms with E-state index in [0.29, 0.717) is 6.42 Å². The minimum atomic E-state index is 0.168. The molecule has 2 aromatic carbocycles. The minimum absolute atomic E-state index is 0.168. The number of benzene rings is 2. The smallest absolute Gasteiger partial charge is 0.222 e. The Morgan fingerprint density at radius 2 is 1.65 bits per heavy atom. The third-order valence-corrected chi connectivity index (χ3v) is 4.06. The van der Waals surface area contributed by atoms with Crippen molar-refractivity contribution in [3.8, 4) is 0 Å². The first kappa shape index (κ1) is 17.0. The van der Waals surface area contributed by atoms with Gasteiger partial charge in [0.25, 0.3) is 0 Å². The first-order chi connectivity index (χ1) is 11.0. The molecule has 2 aromatic rings. The second-order valence-electron chi connectivity index (χ2n) is 6.17. The lowest BCUT2D eigenvalue weighted by atomic mass is 10.0. The Bertz CT molecular complexity index is 693. The van der Waals surface area contributed by atoms with Crippen LogP contribution >= 0.6 is 0 Å². The molecule has 2 heteroatoms. The Labute approximate surface area is 139 Å². The van der Waals surface area contributed by atoms with Crippen LogP contribution in [0.2, 0.25) is 0 Å². The van der Waals surface area contributed by atoms with Gasteiger partial charge in [0.05, 0.1) is 0 Å². The summed E-state index contributed by atoms with van der Waals surface area (Å²) < 4.78 is 0. The average Bonchev–Trinajstić information content (AvgIpc) is 2.52. The van der Waals surface area contributed by atoms with Crippen molar-refractivity contribution in [3.63, 3.8) is 0 Å². The van der Waals surface area contributed by atoms with E-state index in [-0.39, 0.29) is 5.91 Å². The molecule has 1 amide bonds. The van der Waals surface area contributed by atoms with Crippen molar-refractivity contribution in [1.29, 1.82) is 0 Å². The van der Waals surface area contributed by atoms with Crippen molar-refractivity contribution < 1.29 is 4.79 Å². The Morgan fingerprint density at radius 1 is 1.00 bits per heavy atom. The highest BCUT2D eigenvalue weighted by atomic mass is 16.2. The van der Waals surface area contributed by atoms with Gasteiger partial charge in [-0.1, -0.05) is 54.6 Å². The first-order valence-electron chi connectivity index (χ1n) is 8.01. The van der Waals surface area contributed by atoms with E-state index in [1.807, 2.05) is 0 Å². The van der Waals surface area contributed by atoms with Crippen LogP contribution in [0, 0.1) is 13.8 Å². The summed E-state index contributed by atoms with van der Waals surface area (Å²) in [6.07, 6.45) is 5.65. The quantitative estimate of drug-likeness (QED) is 0.745. The number of carbonyl (C=O) groups is 1. The van der Waals surface area contributed by atoms with Crippen molar-refractivity contribution in [2.75, 3.05) is 14.1 Å². The topological polar surface area (TPSA) is 20.3 Å². The summed E-state index contributed by atoms with van der Waals surface area (Å²) in [5.74, 6) is 0.168. The van der Waals surface area contributed by atoms with E-state index in [9.17, 15) is 4.79 Å². The van der Waals surface area contributed by atoms with Crippen LogP contribution in [0.15, 0.2) is 42.5 Å². The van der Waals surface area contributed by atoms with Gasteiger partial charge in [0.15, 0.2) is 0 Å². The molecular weight excluding hydrogens is 282 g/mol. The molecule has 0 fully saturated rings. The molecule has 0 unspecified atom stereocenters. The lowest BCUT2D eigenvalue weighted by Gasteiger charge is -2.10. The molecule has 0 bridgehead atoms. The number of nitrogens with zero attached hydrogens (tertiary/aromatic N) is 1. The van der Waals surface area contributed by atoms with E-state index in [2.05, 4.69) is 68.5 Å². The van der Waals surface area contributed by atoms with Crippen LogP contribution in [-0.2, 0) is 11.2 Å². The zero-order valence-electron chi connectivity index (χ0n) is 14.5. The first-order valence-corrected chi connectivity index (χ1v) is 8.01. The maximum absolute atomic E-state index is 11.7. The summed E-state index contributed by atoms with van der Waals surface area (Å²) in [5.41, 5.74) is 6.22. The monoisotopic (exact) mass is 307 g/mol. The summed E-state index contributed by atoms with van der Waals surface area (Å²) >= 11 is 0. The second kappa shape index (κ2) is 7.77. The number of rotatable bonds is 5. The van der Waals surface area contributed by atoms with Gasteiger partial charge in [-0.15, -0.1) is 0 Å². The summed E-state index contributed by atoms with van der Waals surface area (Å²) in [5, 5.41) is 0. The summed E-state index contributed by atoms with van der Waals surface area (Å²) in [4.78, 5) is 13.3. The van der Waals surface area contributed by atoms with E-state index < -0.39 is 0 Å². The highest BCUT2D eigenvalue weighted by molar-refractivity contribution is 5.76. The van der Waals surface area contributed by atoms with Crippen molar-refractivity contribution >= 4 is 18.1 Å². The molecule has 0 saturated carbocycles.